The Kier molecular flexibility index (Phi) is 6.39. The molecule has 0 aromatic carbocycles. The van der Waals surface area contributed by atoms with E-state index in [0.717, 1.165) is 24.0 Å². The number of hydrogen-bond donors (Lipinski definition) is 1. The molecular formula is C13H25N3O2S2. The van der Waals surface area contributed by atoms with Crippen LogP contribution < -0.4 is 5.32 Å². The Bertz CT molecular complexity index is 458. The molecule has 0 saturated carbocycles. The van der Waals surface area contributed by atoms with Crippen molar-refractivity contribution < 1.29 is 8.42 Å². The number of sulfone groups is 1. The second-order valence-electron chi connectivity index (χ2n) is 5.34. The van der Waals surface area contributed by atoms with E-state index in [1.165, 1.54) is 0 Å². The minimum absolute atomic E-state index is 0.186. The Morgan fingerprint density at radius 2 is 2.25 bits per heavy atom. The molecule has 7 heteroatoms. The van der Waals surface area contributed by atoms with Crippen molar-refractivity contribution in [1.29, 1.82) is 0 Å². The highest BCUT2D eigenvalue weighted by molar-refractivity contribution is 7.99. The maximum absolute atomic E-state index is 12.0. The lowest BCUT2D eigenvalue weighted by molar-refractivity contribution is 0.354. The van der Waals surface area contributed by atoms with Gasteiger partial charge in [0.15, 0.2) is 15.8 Å². The first-order valence-electron chi connectivity index (χ1n) is 6.70. The Labute approximate surface area is 126 Å². The van der Waals surface area contributed by atoms with E-state index in [-0.39, 0.29) is 5.75 Å². The molecule has 0 bridgehead atoms. The summed E-state index contributed by atoms with van der Waals surface area (Å²) in [6.07, 6.45) is 1.89. The molecule has 0 amide bonds. The van der Waals surface area contributed by atoms with Crippen LogP contribution in [0.1, 0.15) is 13.8 Å². The van der Waals surface area contributed by atoms with Gasteiger partial charge < -0.3 is 10.2 Å². The van der Waals surface area contributed by atoms with Gasteiger partial charge in [0, 0.05) is 38.2 Å². The maximum atomic E-state index is 12.0. The number of nitrogens with one attached hydrogen (secondary N) is 1. The van der Waals surface area contributed by atoms with Gasteiger partial charge in [-0.1, -0.05) is 6.08 Å². The molecule has 0 unspecified atom stereocenters. The number of thioether (sulfide) groups is 1. The van der Waals surface area contributed by atoms with Crippen molar-refractivity contribution >= 4 is 27.6 Å². The molecular weight excluding hydrogens is 294 g/mol. The average molecular weight is 319 g/mol. The number of aliphatic imine (C=N–C) groups is 1. The third kappa shape index (κ3) is 4.41. The number of nitrogens with zero attached hydrogens (tertiary/aromatic N) is 2. The van der Waals surface area contributed by atoms with Crippen LogP contribution >= 0.6 is 11.8 Å². The third-order valence-corrected chi connectivity index (χ3v) is 6.82. The zero-order valence-corrected chi connectivity index (χ0v) is 14.2. The highest BCUT2D eigenvalue weighted by Gasteiger charge is 2.40. The molecule has 5 nitrogen and oxygen atoms in total. The van der Waals surface area contributed by atoms with Gasteiger partial charge in [-0.2, -0.15) is 11.8 Å². The summed E-state index contributed by atoms with van der Waals surface area (Å²) in [6, 6.07) is 0. The number of hydrogen-bond acceptors (Lipinski definition) is 4. The van der Waals surface area contributed by atoms with E-state index in [9.17, 15) is 8.42 Å². The molecule has 20 heavy (non-hydrogen) atoms. The summed E-state index contributed by atoms with van der Waals surface area (Å²) in [6.45, 7) is 9.04. The van der Waals surface area contributed by atoms with Crippen molar-refractivity contribution in [2.24, 2.45) is 4.99 Å². The molecule has 0 aromatic rings. The first-order valence-corrected chi connectivity index (χ1v) is 9.51. The number of guanidine groups is 1. The van der Waals surface area contributed by atoms with Crippen LogP contribution in [0, 0.1) is 0 Å². The summed E-state index contributed by atoms with van der Waals surface area (Å²) in [5.41, 5.74) is 0. The summed E-state index contributed by atoms with van der Waals surface area (Å²) < 4.78 is 23.3. The van der Waals surface area contributed by atoms with Crippen LogP contribution in [0.3, 0.4) is 0 Å². The lowest BCUT2D eigenvalue weighted by Crippen LogP contribution is -2.57. The lowest BCUT2D eigenvalue weighted by atomic mass is 10.2. The SMILES string of the molecule is C=CCSCCNC(=NC)N1CCS(=O)(=O)C(C)(C)C1. The van der Waals surface area contributed by atoms with Gasteiger partial charge in [-0.3, -0.25) is 4.99 Å². The summed E-state index contributed by atoms with van der Waals surface area (Å²) >= 11 is 1.80. The summed E-state index contributed by atoms with van der Waals surface area (Å²) in [5, 5.41) is 3.29. The fourth-order valence-electron chi connectivity index (χ4n) is 2.06. The molecule has 0 atom stereocenters. The van der Waals surface area contributed by atoms with Gasteiger partial charge in [0.05, 0.1) is 10.5 Å². The highest BCUT2D eigenvalue weighted by atomic mass is 32.2. The van der Waals surface area contributed by atoms with Crippen molar-refractivity contribution in [2.75, 3.05) is 43.9 Å². The molecule has 1 aliphatic heterocycles. The number of rotatable bonds is 5. The Morgan fingerprint density at radius 1 is 1.55 bits per heavy atom. The topological polar surface area (TPSA) is 61.8 Å². The summed E-state index contributed by atoms with van der Waals surface area (Å²) in [5.74, 6) is 2.88. The van der Waals surface area contributed by atoms with Gasteiger partial charge in [-0.05, 0) is 13.8 Å². The minimum Gasteiger partial charge on any atom is -0.355 e. The Balaban J connectivity index is 2.53. The molecule has 116 valence electrons. The smallest absolute Gasteiger partial charge is 0.193 e. The van der Waals surface area contributed by atoms with E-state index < -0.39 is 14.6 Å². The molecule has 0 spiro atoms. The van der Waals surface area contributed by atoms with Crippen LogP contribution in [0.4, 0.5) is 0 Å². The van der Waals surface area contributed by atoms with E-state index in [1.54, 1.807) is 32.7 Å². The van der Waals surface area contributed by atoms with Crippen molar-refractivity contribution in [3.05, 3.63) is 12.7 Å². The molecule has 1 saturated heterocycles. The molecule has 1 rings (SSSR count). The predicted octanol–water partition coefficient (Wildman–Crippen LogP) is 0.990. The maximum Gasteiger partial charge on any atom is 0.193 e. The zero-order chi connectivity index (χ0) is 15.2. The predicted molar refractivity (Wildman–Crippen MR) is 88.3 cm³/mol. The summed E-state index contributed by atoms with van der Waals surface area (Å²) in [7, 11) is -1.28. The molecule has 1 heterocycles. The highest BCUT2D eigenvalue weighted by Crippen LogP contribution is 2.23. The average Bonchev–Trinajstić information content (AvgIpc) is 2.37. The Morgan fingerprint density at radius 3 is 2.80 bits per heavy atom. The van der Waals surface area contributed by atoms with Crippen LogP contribution in [-0.4, -0.2) is 68.0 Å². The van der Waals surface area contributed by atoms with Crippen LogP contribution in [0.25, 0.3) is 0 Å². The van der Waals surface area contributed by atoms with Crippen molar-refractivity contribution in [2.45, 2.75) is 18.6 Å². The van der Waals surface area contributed by atoms with Gasteiger partial charge in [0.1, 0.15) is 0 Å². The molecule has 1 fully saturated rings. The van der Waals surface area contributed by atoms with E-state index in [4.69, 9.17) is 0 Å². The van der Waals surface area contributed by atoms with Crippen LogP contribution in [0.5, 0.6) is 0 Å². The monoisotopic (exact) mass is 319 g/mol. The van der Waals surface area contributed by atoms with Crippen LogP contribution in [-0.2, 0) is 9.84 Å². The van der Waals surface area contributed by atoms with E-state index in [0.29, 0.717) is 13.1 Å². The van der Waals surface area contributed by atoms with Gasteiger partial charge in [-0.15, -0.1) is 6.58 Å². The van der Waals surface area contributed by atoms with Crippen molar-refractivity contribution in [3.63, 3.8) is 0 Å². The van der Waals surface area contributed by atoms with Crippen molar-refractivity contribution in [3.8, 4) is 0 Å². The normalized spacial score (nSPS) is 21.6. The second-order valence-corrected chi connectivity index (χ2v) is 9.23. The van der Waals surface area contributed by atoms with Crippen LogP contribution in [0.15, 0.2) is 17.6 Å². The molecule has 0 aliphatic carbocycles. The molecule has 1 N–H and O–H groups in total. The van der Waals surface area contributed by atoms with Crippen molar-refractivity contribution in [1.82, 2.24) is 10.2 Å². The standard InChI is InChI=1S/C13H25N3O2S2/c1-5-8-19-9-6-15-12(14-4)16-7-10-20(17,18)13(2,3)11-16/h5H,1,6-11H2,2-4H3,(H,14,15). The third-order valence-electron chi connectivity index (χ3n) is 3.32. The quantitative estimate of drug-likeness (QED) is 0.354. The van der Waals surface area contributed by atoms with Gasteiger partial charge in [-0.25, -0.2) is 8.42 Å². The first kappa shape index (κ1) is 17.4. The van der Waals surface area contributed by atoms with E-state index in [1.807, 2.05) is 11.0 Å². The van der Waals surface area contributed by atoms with E-state index >= 15 is 0 Å². The summed E-state index contributed by atoms with van der Waals surface area (Å²) in [4.78, 5) is 6.28. The first-order chi connectivity index (χ1) is 9.34. The van der Waals surface area contributed by atoms with E-state index in [2.05, 4.69) is 16.9 Å². The van der Waals surface area contributed by atoms with Gasteiger partial charge >= 0.3 is 0 Å². The minimum atomic E-state index is -3.01. The zero-order valence-electron chi connectivity index (χ0n) is 12.6. The Hall–Kier alpha value is -0.690. The molecule has 0 radical (unpaired) electrons. The van der Waals surface area contributed by atoms with Crippen LogP contribution in [0.2, 0.25) is 0 Å². The molecule has 1 aliphatic rings. The molecule has 0 aromatic heterocycles. The van der Waals surface area contributed by atoms with Gasteiger partial charge in [0.25, 0.3) is 0 Å². The fraction of sp³-hybridized carbons (Fsp3) is 0.769. The second kappa shape index (κ2) is 7.36. The largest absolute Gasteiger partial charge is 0.355 e. The van der Waals surface area contributed by atoms with Gasteiger partial charge in [0.2, 0.25) is 0 Å². The fourth-order valence-corrected chi connectivity index (χ4v) is 4.00. The lowest BCUT2D eigenvalue weighted by Gasteiger charge is -2.39.